The zero-order chi connectivity index (χ0) is 33.2. The minimum Gasteiger partial charge on any atom is -0.355 e. The molecule has 6 heterocycles. The van der Waals surface area contributed by atoms with Crippen molar-refractivity contribution >= 4 is 57.4 Å². The number of aromatic nitrogens is 6. The van der Waals surface area contributed by atoms with Gasteiger partial charge in [0, 0.05) is 41.0 Å². The Morgan fingerprint density at radius 1 is 0.562 bits per heavy atom. The van der Waals surface area contributed by atoms with Gasteiger partial charge in [-0.1, -0.05) is 64.0 Å². The minimum absolute atomic E-state index is 0.939. The smallest absolute Gasteiger partial charge is 0.0886 e. The molecule has 0 radical (unpaired) electrons. The third-order valence-corrected chi connectivity index (χ3v) is 7.73. The topological polar surface area (TPSA) is 145 Å². The lowest BCUT2D eigenvalue weighted by Crippen LogP contribution is -2.47. The fraction of sp³-hybridized carbons (Fsp3) is 0.263. The third-order valence-electron chi connectivity index (χ3n) is 7.73. The number of unbranched alkanes of at least 4 members (excludes halogenated alkanes) is 7. The van der Waals surface area contributed by atoms with E-state index in [1.165, 1.54) is 51.4 Å². The first kappa shape index (κ1) is 34.3. The largest absolute Gasteiger partial charge is 0.355 e. The number of benzene rings is 1. The molecule has 8 bridgehead atoms. The lowest BCUT2D eigenvalue weighted by Gasteiger charge is -2.04. The van der Waals surface area contributed by atoms with Crippen LogP contribution in [0.2, 0.25) is 0 Å². The van der Waals surface area contributed by atoms with Crippen LogP contribution in [0.15, 0.2) is 85.2 Å². The number of rotatable bonds is 11. The highest BCUT2D eigenvalue weighted by molar-refractivity contribution is 5.77. The van der Waals surface area contributed by atoms with Crippen LogP contribution < -0.4 is 22.3 Å². The van der Waals surface area contributed by atoms with Gasteiger partial charge in [-0.05, 0) is 91.4 Å². The molecule has 5 aromatic rings. The number of fused-ring (bicyclic) bond motifs is 9. The summed E-state index contributed by atoms with van der Waals surface area (Å²) < 4.78 is 0. The molecule has 4 aromatic heterocycles. The summed E-state index contributed by atoms with van der Waals surface area (Å²) in [5.41, 5.74) is 17.7. The van der Waals surface area contributed by atoms with E-state index in [0.717, 1.165) is 62.4 Å². The van der Waals surface area contributed by atoms with E-state index < -0.39 is 0 Å². The molecule has 0 aliphatic carbocycles. The molecule has 7 rings (SSSR count). The molecular formula is C38H46N10. The lowest BCUT2D eigenvalue weighted by molar-refractivity contribution is 0.431. The maximum absolute atomic E-state index is 5.01. The van der Waals surface area contributed by atoms with Gasteiger partial charge in [0.05, 0.1) is 33.8 Å². The number of hydrazine groups is 3. The van der Waals surface area contributed by atoms with Crippen molar-refractivity contribution in [3.8, 4) is 0 Å². The van der Waals surface area contributed by atoms with Crippen molar-refractivity contribution in [3.05, 3.63) is 108 Å². The molecule has 10 heteroatoms. The Bertz CT molecular complexity index is 1690. The van der Waals surface area contributed by atoms with Crippen LogP contribution >= 0.6 is 0 Å². The molecule has 48 heavy (non-hydrogen) atoms. The summed E-state index contributed by atoms with van der Waals surface area (Å²) in [5.74, 6) is 5.01. The summed E-state index contributed by atoms with van der Waals surface area (Å²) in [6.45, 7) is 3.23. The standard InChI is InChI=1S/C20H14N4.C10H26N4.C8H6N2/c1-2-14-10-16-5-6-18(23-16)12-20-8-7-19(24-20)11-17-4-3-15(22-17)9-13(1)21-14;1-2-3-4-5-6-7-8-9-10-12-14-13-11;1-2-4-8-7(3-1)9-5-6-10-8/h1-12,21,24H;12-14H,2-11H2,1H3;1-6H. The first-order valence-corrected chi connectivity index (χ1v) is 16.8. The fourth-order valence-electron chi connectivity index (χ4n) is 5.31. The summed E-state index contributed by atoms with van der Waals surface area (Å²) >= 11 is 0. The maximum Gasteiger partial charge on any atom is 0.0886 e. The Morgan fingerprint density at radius 3 is 1.40 bits per heavy atom. The van der Waals surface area contributed by atoms with E-state index in [1.807, 2.05) is 72.8 Å². The number of para-hydroxylation sites is 2. The number of nitrogens with two attached hydrogens (primary N) is 1. The number of hydrogen-bond donors (Lipinski definition) is 6. The van der Waals surface area contributed by atoms with Gasteiger partial charge < -0.3 is 9.97 Å². The van der Waals surface area contributed by atoms with Crippen LogP contribution in [0, 0.1) is 0 Å². The van der Waals surface area contributed by atoms with E-state index in [2.05, 4.69) is 77.6 Å². The van der Waals surface area contributed by atoms with E-state index in [0.29, 0.717) is 0 Å². The third kappa shape index (κ3) is 11.4. The van der Waals surface area contributed by atoms with E-state index in [4.69, 9.17) is 5.84 Å². The van der Waals surface area contributed by atoms with E-state index in [9.17, 15) is 0 Å². The van der Waals surface area contributed by atoms with E-state index in [-0.39, 0.29) is 0 Å². The van der Waals surface area contributed by atoms with Gasteiger partial charge in [-0.3, -0.25) is 15.8 Å². The summed E-state index contributed by atoms with van der Waals surface area (Å²) in [6, 6.07) is 24.2. The number of hydrogen-bond acceptors (Lipinski definition) is 8. The molecule has 1 aromatic carbocycles. The van der Waals surface area contributed by atoms with Crippen molar-refractivity contribution < 1.29 is 0 Å². The molecule has 0 spiro atoms. The van der Waals surface area contributed by atoms with Gasteiger partial charge in [0.1, 0.15) is 0 Å². The van der Waals surface area contributed by atoms with E-state index in [1.54, 1.807) is 12.4 Å². The highest BCUT2D eigenvalue weighted by Crippen LogP contribution is 2.17. The van der Waals surface area contributed by atoms with E-state index >= 15 is 0 Å². The molecule has 2 aliphatic rings. The zero-order valence-corrected chi connectivity index (χ0v) is 27.6. The van der Waals surface area contributed by atoms with Crippen molar-refractivity contribution in [2.75, 3.05) is 6.54 Å². The summed E-state index contributed by atoms with van der Waals surface area (Å²) in [5, 5.41) is 0. The van der Waals surface area contributed by atoms with Crippen LogP contribution in [0.3, 0.4) is 0 Å². The molecule has 0 saturated carbocycles. The molecule has 2 aliphatic heterocycles. The predicted molar refractivity (Wildman–Crippen MR) is 199 cm³/mol. The van der Waals surface area contributed by atoms with Crippen LogP contribution in [-0.2, 0) is 0 Å². The lowest BCUT2D eigenvalue weighted by atomic mass is 10.1. The summed E-state index contributed by atoms with van der Waals surface area (Å²) in [4.78, 5) is 24.3. The Labute approximate surface area is 282 Å². The predicted octanol–water partition coefficient (Wildman–Crippen LogP) is 7.89. The first-order chi connectivity index (χ1) is 23.7. The van der Waals surface area contributed by atoms with Gasteiger partial charge >= 0.3 is 0 Å². The molecule has 7 N–H and O–H groups in total. The molecule has 0 atom stereocenters. The van der Waals surface area contributed by atoms with Crippen LogP contribution in [0.5, 0.6) is 0 Å². The Balaban J connectivity index is 0.000000159. The number of nitrogens with one attached hydrogen (secondary N) is 5. The SMILES string of the molecule is C1=Cc2cc3ccc(cc4nc(cc5ccc(cc1n2)[nH]5)C=C4)[nH]3.CCCCCCCCCCNNNN.c1ccc2nccnc2c1. The average Bonchev–Trinajstić information content (AvgIpc) is 3.93. The van der Waals surface area contributed by atoms with Gasteiger partial charge in [0.25, 0.3) is 0 Å². The Kier molecular flexibility index (Phi) is 13.6. The van der Waals surface area contributed by atoms with Crippen LogP contribution in [0.4, 0.5) is 0 Å². The van der Waals surface area contributed by atoms with Crippen LogP contribution in [-0.4, -0.2) is 36.4 Å². The van der Waals surface area contributed by atoms with Gasteiger partial charge in [0.2, 0.25) is 0 Å². The Morgan fingerprint density at radius 2 is 0.979 bits per heavy atom. The maximum atomic E-state index is 5.01. The highest BCUT2D eigenvalue weighted by Gasteiger charge is 2.01. The second-order valence-corrected chi connectivity index (χ2v) is 11.6. The molecule has 0 fully saturated rings. The van der Waals surface area contributed by atoms with Gasteiger partial charge in [0.15, 0.2) is 0 Å². The molecule has 0 amide bonds. The van der Waals surface area contributed by atoms with Gasteiger partial charge in [-0.2, -0.15) is 11.1 Å². The number of nitrogens with zero attached hydrogens (tertiary/aromatic N) is 4. The van der Waals surface area contributed by atoms with Crippen molar-refractivity contribution in [1.82, 2.24) is 46.4 Å². The van der Waals surface area contributed by atoms with Crippen LogP contribution in [0.25, 0.3) is 57.4 Å². The number of H-pyrrole nitrogens is 2. The highest BCUT2D eigenvalue weighted by atomic mass is 15.7. The van der Waals surface area contributed by atoms with Gasteiger partial charge in [-0.25, -0.2) is 15.4 Å². The van der Waals surface area contributed by atoms with Crippen molar-refractivity contribution in [2.45, 2.75) is 58.3 Å². The molecule has 0 saturated heterocycles. The monoisotopic (exact) mass is 642 g/mol. The molecule has 10 nitrogen and oxygen atoms in total. The summed E-state index contributed by atoms with van der Waals surface area (Å²) in [7, 11) is 0. The average molecular weight is 643 g/mol. The minimum atomic E-state index is 0.939. The van der Waals surface area contributed by atoms with Gasteiger partial charge in [-0.15, -0.1) is 0 Å². The first-order valence-electron chi connectivity index (χ1n) is 16.8. The molecule has 248 valence electrons. The van der Waals surface area contributed by atoms with Crippen molar-refractivity contribution in [1.29, 1.82) is 0 Å². The molecule has 0 unspecified atom stereocenters. The zero-order valence-electron chi connectivity index (χ0n) is 27.6. The van der Waals surface area contributed by atoms with Crippen molar-refractivity contribution in [3.63, 3.8) is 0 Å². The second kappa shape index (κ2) is 19.0. The fourth-order valence-corrected chi connectivity index (χ4v) is 5.31. The normalized spacial score (nSPS) is 11.5. The quantitative estimate of drug-likeness (QED) is 0.0475. The van der Waals surface area contributed by atoms with Crippen LogP contribution in [0.1, 0.15) is 81.1 Å². The number of aromatic amines is 2. The summed E-state index contributed by atoms with van der Waals surface area (Å²) in [6.07, 6.45) is 22.3. The Hall–Kier alpha value is -5.00. The second-order valence-electron chi connectivity index (χ2n) is 11.6. The molecular weight excluding hydrogens is 596 g/mol. The van der Waals surface area contributed by atoms with Crippen molar-refractivity contribution in [2.24, 2.45) is 5.84 Å².